The molecular formula is C20H10F2N2O2. The van der Waals surface area contributed by atoms with Crippen LogP contribution in [0.2, 0.25) is 0 Å². The second-order valence-corrected chi connectivity index (χ2v) is 5.15. The molecule has 0 fully saturated rings. The number of nitriles is 2. The molecule has 6 heteroatoms. The first kappa shape index (κ1) is 16.9. The lowest BCUT2D eigenvalue weighted by atomic mass is 10.1. The van der Waals surface area contributed by atoms with Crippen molar-refractivity contribution in [1.82, 2.24) is 0 Å². The molecule has 26 heavy (non-hydrogen) atoms. The zero-order valence-electron chi connectivity index (χ0n) is 13.2. The van der Waals surface area contributed by atoms with Gasteiger partial charge < -0.3 is 9.47 Å². The molecule has 0 amide bonds. The first-order valence-electron chi connectivity index (χ1n) is 7.45. The number of nitrogens with zero attached hydrogens (tertiary/aromatic N) is 2. The van der Waals surface area contributed by atoms with E-state index >= 15 is 0 Å². The van der Waals surface area contributed by atoms with Crippen LogP contribution in [0.4, 0.5) is 8.78 Å². The Balaban J connectivity index is 2.05. The number of halogens is 2. The summed E-state index contributed by atoms with van der Waals surface area (Å²) in [5.41, 5.74) is 0.0903. The van der Waals surface area contributed by atoms with Crippen LogP contribution in [-0.4, -0.2) is 0 Å². The van der Waals surface area contributed by atoms with Crippen LogP contribution in [0.1, 0.15) is 11.1 Å². The minimum atomic E-state index is -0.439. The molecule has 0 N–H and O–H groups in total. The third kappa shape index (κ3) is 3.61. The Bertz CT molecular complexity index is 1020. The van der Waals surface area contributed by atoms with Crippen LogP contribution in [0, 0.1) is 34.3 Å². The molecule has 0 unspecified atom stereocenters. The second kappa shape index (κ2) is 7.33. The molecule has 0 bridgehead atoms. The molecule has 0 saturated carbocycles. The van der Waals surface area contributed by atoms with Gasteiger partial charge in [0.15, 0.2) is 11.5 Å². The zero-order valence-corrected chi connectivity index (χ0v) is 13.2. The molecule has 3 aromatic carbocycles. The van der Waals surface area contributed by atoms with Crippen molar-refractivity contribution in [3.8, 4) is 35.1 Å². The minimum Gasteiger partial charge on any atom is -0.453 e. The highest BCUT2D eigenvalue weighted by atomic mass is 19.1. The second-order valence-electron chi connectivity index (χ2n) is 5.15. The summed E-state index contributed by atoms with van der Waals surface area (Å²) in [6.45, 7) is 0. The first-order chi connectivity index (χ1) is 12.6. The first-order valence-corrected chi connectivity index (χ1v) is 7.45. The predicted molar refractivity (Wildman–Crippen MR) is 88.8 cm³/mol. The maximum Gasteiger partial charge on any atom is 0.189 e. The van der Waals surface area contributed by atoms with Crippen molar-refractivity contribution in [2.45, 2.75) is 0 Å². The number of benzene rings is 3. The van der Waals surface area contributed by atoms with Gasteiger partial charge in [-0.05, 0) is 60.7 Å². The summed E-state index contributed by atoms with van der Waals surface area (Å²) in [5.74, 6) is -0.0889. The molecular weight excluding hydrogens is 338 g/mol. The Morgan fingerprint density at radius 3 is 1.69 bits per heavy atom. The number of ether oxygens (including phenoxy) is 2. The van der Waals surface area contributed by atoms with Gasteiger partial charge in [-0.2, -0.15) is 10.5 Å². The van der Waals surface area contributed by atoms with E-state index in [1.165, 1.54) is 60.7 Å². The normalized spacial score (nSPS) is 9.85. The monoisotopic (exact) mass is 348 g/mol. The molecule has 0 spiro atoms. The van der Waals surface area contributed by atoms with E-state index in [-0.39, 0.29) is 28.4 Å². The molecule has 0 aromatic heterocycles. The van der Waals surface area contributed by atoms with Gasteiger partial charge in [-0.1, -0.05) is 0 Å². The standard InChI is InChI=1S/C20H10F2N2O2/c21-14-2-6-16(7-3-14)25-19-10-1-13(11-23)18(12-24)20(19)26-17-8-4-15(22)5-9-17/h1-10H. The summed E-state index contributed by atoms with van der Waals surface area (Å²) >= 11 is 0. The van der Waals surface area contributed by atoms with Gasteiger partial charge in [-0.15, -0.1) is 0 Å². The molecule has 0 saturated heterocycles. The fourth-order valence-electron chi connectivity index (χ4n) is 2.20. The molecule has 0 aliphatic carbocycles. The van der Waals surface area contributed by atoms with Gasteiger partial charge in [0.05, 0.1) is 5.56 Å². The molecule has 4 nitrogen and oxygen atoms in total. The number of hydrogen-bond acceptors (Lipinski definition) is 4. The Morgan fingerprint density at radius 1 is 0.654 bits per heavy atom. The van der Waals surface area contributed by atoms with E-state index in [4.69, 9.17) is 9.47 Å². The molecule has 0 aliphatic rings. The number of hydrogen-bond donors (Lipinski definition) is 0. The Labute approximate surface area is 148 Å². The van der Waals surface area contributed by atoms with E-state index in [1.54, 1.807) is 0 Å². The SMILES string of the molecule is N#Cc1ccc(Oc2ccc(F)cc2)c(Oc2ccc(F)cc2)c1C#N. The van der Waals surface area contributed by atoms with Crippen molar-refractivity contribution in [1.29, 1.82) is 10.5 Å². The minimum absolute atomic E-state index is 0.0162. The highest BCUT2D eigenvalue weighted by molar-refractivity contribution is 5.62. The van der Waals surface area contributed by atoms with Crippen molar-refractivity contribution in [2.24, 2.45) is 0 Å². The highest BCUT2D eigenvalue weighted by Gasteiger charge is 2.18. The van der Waals surface area contributed by atoms with Crippen LogP contribution >= 0.6 is 0 Å². The maximum atomic E-state index is 13.1. The quantitative estimate of drug-likeness (QED) is 0.642. The van der Waals surface area contributed by atoms with Crippen LogP contribution < -0.4 is 9.47 Å². The Morgan fingerprint density at radius 2 is 1.19 bits per heavy atom. The molecule has 0 atom stereocenters. The van der Waals surface area contributed by atoms with Crippen molar-refractivity contribution in [2.75, 3.05) is 0 Å². The molecule has 3 rings (SSSR count). The fraction of sp³-hybridized carbons (Fsp3) is 0. The molecule has 126 valence electrons. The van der Waals surface area contributed by atoms with E-state index in [2.05, 4.69) is 0 Å². The van der Waals surface area contributed by atoms with Crippen molar-refractivity contribution < 1.29 is 18.3 Å². The van der Waals surface area contributed by atoms with Crippen molar-refractivity contribution in [3.05, 3.63) is 83.4 Å². The Kier molecular flexibility index (Phi) is 4.78. The average Bonchev–Trinajstić information content (AvgIpc) is 2.66. The van der Waals surface area contributed by atoms with E-state index in [0.717, 1.165) is 0 Å². The van der Waals surface area contributed by atoms with Crippen molar-refractivity contribution >= 4 is 0 Å². The van der Waals surface area contributed by atoms with E-state index in [0.29, 0.717) is 5.75 Å². The average molecular weight is 348 g/mol. The maximum absolute atomic E-state index is 13.1. The smallest absolute Gasteiger partial charge is 0.189 e. The Hall–Kier alpha value is -3.90. The van der Waals surface area contributed by atoms with Gasteiger partial charge in [0, 0.05) is 0 Å². The van der Waals surface area contributed by atoms with Crippen LogP contribution in [0.3, 0.4) is 0 Å². The lowest BCUT2D eigenvalue weighted by Gasteiger charge is -2.14. The summed E-state index contributed by atoms with van der Waals surface area (Å²) in [4.78, 5) is 0. The summed E-state index contributed by atoms with van der Waals surface area (Å²) in [5, 5.41) is 18.6. The van der Waals surface area contributed by atoms with Crippen LogP contribution in [0.15, 0.2) is 60.7 Å². The lowest BCUT2D eigenvalue weighted by Crippen LogP contribution is -1.96. The summed E-state index contributed by atoms with van der Waals surface area (Å²) < 4.78 is 37.5. The van der Waals surface area contributed by atoms with Crippen LogP contribution in [-0.2, 0) is 0 Å². The van der Waals surface area contributed by atoms with Gasteiger partial charge in [0.2, 0.25) is 0 Å². The third-order valence-electron chi connectivity index (χ3n) is 3.43. The topological polar surface area (TPSA) is 66.0 Å². The van der Waals surface area contributed by atoms with Gasteiger partial charge in [-0.3, -0.25) is 0 Å². The summed E-state index contributed by atoms with van der Waals surface area (Å²) in [6, 6.07) is 17.2. The molecule has 3 aromatic rings. The van der Waals surface area contributed by atoms with Crippen LogP contribution in [0.25, 0.3) is 0 Å². The number of rotatable bonds is 4. The molecule has 0 heterocycles. The van der Waals surface area contributed by atoms with Gasteiger partial charge in [0.1, 0.15) is 40.8 Å². The van der Waals surface area contributed by atoms with Gasteiger partial charge >= 0.3 is 0 Å². The lowest BCUT2D eigenvalue weighted by molar-refractivity contribution is 0.416. The van der Waals surface area contributed by atoms with E-state index < -0.39 is 11.6 Å². The van der Waals surface area contributed by atoms with Crippen molar-refractivity contribution in [3.63, 3.8) is 0 Å². The summed E-state index contributed by atoms with van der Waals surface area (Å²) in [7, 11) is 0. The van der Waals surface area contributed by atoms with Crippen LogP contribution in [0.5, 0.6) is 23.0 Å². The largest absolute Gasteiger partial charge is 0.453 e. The molecule has 0 aliphatic heterocycles. The predicted octanol–water partition coefficient (Wildman–Crippen LogP) is 5.29. The van der Waals surface area contributed by atoms with Gasteiger partial charge in [-0.25, -0.2) is 8.78 Å². The molecule has 0 radical (unpaired) electrons. The fourth-order valence-corrected chi connectivity index (χ4v) is 2.20. The van der Waals surface area contributed by atoms with E-state index in [9.17, 15) is 19.3 Å². The zero-order chi connectivity index (χ0) is 18.5. The summed E-state index contributed by atoms with van der Waals surface area (Å²) in [6.07, 6.45) is 0. The van der Waals surface area contributed by atoms with E-state index in [1.807, 2.05) is 12.1 Å². The third-order valence-corrected chi connectivity index (χ3v) is 3.43. The highest BCUT2D eigenvalue weighted by Crippen LogP contribution is 2.39. The van der Waals surface area contributed by atoms with Gasteiger partial charge in [0.25, 0.3) is 0 Å².